The Hall–Kier alpha value is -1.31. The zero-order valence-corrected chi connectivity index (χ0v) is 13.1. The van der Waals surface area contributed by atoms with E-state index in [4.69, 9.17) is 21.1 Å². The Labute approximate surface area is 136 Å². The SMILES string of the molecule is C[C@H]1O[C@H](Cl)C[C@H](NC(=O)C(F)(F)F)[C@H]1OCc1ccccc1. The molecule has 0 saturated carbocycles. The van der Waals surface area contributed by atoms with Crippen molar-refractivity contribution in [3.63, 3.8) is 0 Å². The number of nitrogens with one attached hydrogen (secondary N) is 1. The Morgan fingerprint density at radius 3 is 2.65 bits per heavy atom. The summed E-state index contributed by atoms with van der Waals surface area (Å²) in [4.78, 5) is 11.2. The van der Waals surface area contributed by atoms with Gasteiger partial charge in [0.2, 0.25) is 0 Å². The minimum Gasteiger partial charge on any atom is -0.369 e. The van der Waals surface area contributed by atoms with Gasteiger partial charge in [-0.3, -0.25) is 4.79 Å². The van der Waals surface area contributed by atoms with Crippen molar-refractivity contribution in [2.75, 3.05) is 0 Å². The van der Waals surface area contributed by atoms with E-state index in [2.05, 4.69) is 0 Å². The minimum atomic E-state index is -4.95. The minimum absolute atomic E-state index is 0.0349. The van der Waals surface area contributed by atoms with Crippen LogP contribution in [0.2, 0.25) is 0 Å². The highest BCUT2D eigenvalue weighted by molar-refractivity contribution is 6.19. The highest BCUT2D eigenvalue weighted by Gasteiger charge is 2.44. The molecule has 2 rings (SSSR count). The molecule has 1 saturated heterocycles. The molecule has 1 aliphatic heterocycles. The fourth-order valence-corrected chi connectivity index (χ4v) is 2.79. The average molecular weight is 352 g/mol. The van der Waals surface area contributed by atoms with Gasteiger partial charge in [-0.1, -0.05) is 41.9 Å². The molecular weight excluding hydrogens is 335 g/mol. The lowest BCUT2D eigenvalue weighted by Crippen LogP contribution is -2.57. The van der Waals surface area contributed by atoms with E-state index >= 15 is 0 Å². The van der Waals surface area contributed by atoms with Crippen LogP contribution < -0.4 is 5.32 Å². The second-order valence-electron chi connectivity index (χ2n) is 5.33. The number of hydrogen-bond donors (Lipinski definition) is 1. The normalized spacial score (nSPS) is 28.4. The van der Waals surface area contributed by atoms with Gasteiger partial charge in [0.15, 0.2) is 0 Å². The first-order valence-electron chi connectivity index (χ1n) is 7.10. The maximum atomic E-state index is 12.5. The predicted octanol–water partition coefficient (Wildman–Crippen LogP) is 2.99. The average Bonchev–Trinajstić information content (AvgIpc) is 2.46. The first-order valence-corrected chi connectivity index (χ1v) is 7.53. The van der Waals surface area contributed by atoms with E-state index in [1.807, 2.05) is 35.6 Å². The topological polar surface area (TPSA) is 47.6 Å². The standard InChI is InChI=1S/C15H17ClF3NO3/c1-9-13(22-8-10-5-3-2-4-6-10)11(7-12(16)23-9)20-14(21)15(17,18)19/h2-6,9,11-13H,7-8H2,1H3,(H,20,21)/t9-,11+,12+,13+/m1/s1. The van der Waals surface area contributed by atoms with Gasteiger partial charge in [0.1, 0.15) is 11.7 Å². The third-order valence-corrected chi connectivity index (χ3v) is 3.80. The molecule has 0 aromatic heterocycles. The second kappa shape index (κ2) is 7.51. The molecule has 8 heteroatoms. The van der Waals surface area contributed by atoms with Crippen molar-refractivity contribution < 1.29 is 27.4 Å². The van der Waals surface area contributed by atoms with E-state index in [1.54, 1.807) is 6.92 Å². The van der Waals surface area contributed by atoms with E-state index < -0.39 is 35.9 Å². The molecule has 4 atom stereocenters. The number of halogens is 4. The third kappa shape index (κ3) is 5.09. The summed E-state index contributed by atoms with van der Waals surface area (Å²) >= 11 is 5.88. The maximum Gasteiger partial charge on any atom is 0.471 e. The monoisotopic (exact) mass is 351 g/mol. The van der Waals surface area contributed by atoms with Crippen molar-refractivity contribution in [2.45, 2.75) is 49.9 Å². The molecule has 0 radical (unpaired) electrons. The number of ether oxygens (including phenoxy) is 2. The zero-order chi connectivity index (χ0) is 17.0. The Kier molecular flexibility index (Phi) is 5.89. The van der Waals surface area contributed by atoms with Gasteiger partial charge in [0, 0.05) is 6.42 Å². The summed E-state index contributed by atoms with van der Waals surface area (Å²) in [5.41, 5.74) is 0.0914. The third-order valence-electron chi connectivity index (χ3n) is 3.52. The van der Waals surface area contributed by atoms with Crippen molar-refractivity contribution >= 4 is 17.5 Å². The lowest BCUT2D eigenvalue weighted by Gasteiger charge is -2.39. The molecule has 0 spiro atoms. The van der Waals surface area contributed by atoms with E-state index in [0.29, 0.717) is 0 Å². The highest BCUT2D eigenvalue weighted by Crippen LogP contribution is 2.27. The fraction of sp³-hybridized carbons (Fsp3) is 0.533. The molecule has 1 amide bonds. The lowest BCUT2D eigenvalue weighted by atomic mass is 10.00. The summed E-state index contributed by atoms with van der Waals surface area (Å²) in [5, 5.41) is 1.95. The molecule has 1 aromatic carbocycles. The van der Waals surface area contributed by atoms with Crippen molar-refractivity contribution in [3.05, 3.63) is 35.9 Å². The highest BCUT2D eigenvalue weighted by atomic mass is 35.5. The summed E-state index contributed by atoms with van der Waals surface area (Å²) in [7, 11) is 0. The van der Waals surface area contributed by atoms with Crippen molar-refractivity contribution in [1.29, 1.82) is 0 Å². The van der Waals surface area contributed by atoms with E-state index in [9.17, 15) is 18.0 Å². The summed E-state index contributed by atoms with van der Waals surface area (Å²) in [6.45, 7) is 1.85. The zero-order valence-electron chi connectivity index (χ0n) is 12.3. The molecule has 1 fully saturated rings. The van der Waals surface area contributed by atoms with Crippen LogP contribution in [-0.4, -0.2) is 35.9 Å². The molecule has 1 aliphatic rings. The van der Waals surface area contributed by atoms with Crippen LogP contribution in [0.15, 0.2) is 30.3 Å². The van der Waals surface area contributed by atoms with Crippen LogP contribution in [0.3, 0.4) is 0 Å². The molecule has 0 unspecified atom stereocenters. The van der Waals surface area contributed by atoms with Gasteiger partial charge in [-0.15, -0.1) is 0 Å². The van der Waals surface area contributed by atoms with Crippen LogP contribution in [0.5, 0.6) is 0 Å². The Balaban J connectivity index is 2.04. The van der Waals surface area contributed by atoms with E-state index in [0.717, 1.165) is 5.56 Å². The molecular formula is C15H17ClF3NO3. The van der Waals surface area contributed by atoms with Gasteiger partial charge in [0.05, 0.1) is 18.8 Å². The summed E-state index contributed by atoms with van der Waals surface area (Å²) < 4.78 is 48.5. The number of benzene rings is 1. The Morgan fingerprint density at radius 2 is 2.04 bits per heavy atom. The quantitative estimate of drug-likeness (QED) is 0.848. The smallest absolute Gasteiger partial charge is 0.369 e. The van der Waals surface area contributed by atoms with Crippen LogP contribution in [0, 0.1) is 0 Å². The first-order chi connectivity index (χ1) is 10.8. The number of hydrogen-bond acceptors (Lipinski definition) is 3. The van der Waals surface area contributed by atoms with Gasteiger partial charge in [-0.05, 0) is 12.5 Å². The van der Waals surface area contributed by atoms with Crippen LogP contribution in [0.4, 0.5) is 13.2 Å². The molecule has 128 valence electrons. The van der Waals surface area contributed by atoms with Crippen LogP contribution in [0.25, 0.3) is 0 Å². The number of amides is 1. The van der Waals surface area contributed by atoms with E-state index in [-0.39, 0.29) is 13.0 Å². The Bertz CT molecular complexity index is 526. The number of rotatable bonds is 4. The molecule has 4 nitrogen and oxygen atoms in total. The van der Waals surface area contributed by atoms with Gasteiger partial charge >= 0.3 is 12.1 Å². The fourth-order valence-electron chi connectivity index (χ4n) is 2.44. The van der Waals surface area contributed by atoms with Crippen molar-refractivity contribution in [2.24, 2.45) is 0 Å². The molecule has 1 aromatic rings. The van der Waals surface area contributed by atoms with Gasteiger partial charge < -0.3 is 14.8 Å². The number of carbonyl (C=O) groups excluding carboxylic acids is 1. The van der Waals surface area contributed by atoms with Crippen molar-refractivity contribution in [3.8, 4) is 0 Å². The second-order valence-corrected chi connectivity index (χ2v) is 5.81. The molecule has 0 aliphatic carbocycles. The largest absolute Gasteiger partial charge is 0.471 e. The molecule has 0 bridgehead atoms. The van der Waals surface area contributed by atoms with Crippen LogP contribution >= 0.6 is 11.6 Å². The maximum absolute atomic E-state index is 12.5. The lowest BCUT2D eigenvalue weighted by molar-refractivity contribution is -0.180. The number of alkyl halides is 4. The summed E-state index contributed by atoms with van der Waals surface area (Å²) in [6, 6.07) is 8.30. The molecule has 1 heterocycles. The molecule has 23 heavy (non-hydrogen) atoms. The van der Waals surface area contributed by atoms with Crippen LogP contribution in [-0.2, 0) is 20.9 Å². The Morgan fingerprint density at radius 1 is 1.39 bits per heavy atom. The van der Waals surface area contributed by atoms with Crippen LogP contribution in [0.1, 0.15) is 18.9 Å². The number of carbonyl (C=O) groups is 1. The van der Waals surface area contributed by atoms with Crippen molar-refractivity contribution in [1.82, 2.24) is 5.32 Å². The van der Waals surface area contributed by atoms with E-state index in [1.165, 1.54) is 0 Å². The summed E-state index contributed by atoms with van der Waals surface area (Å²) in [5.74, 6) is -2.01. The van der Waals surface area contributed by atoms with Gasteiger partial charge in [-0.2, -0.15) is 13.2 Å². The van der Waals surface area contributed by atoms with Gasteiger partial charge in [-0.25, -0.2) is 0 Å². The van der Waals surface area contributed by atoms with Gasteiger partial charge in [0.25, 0.3) is 0 Å². The summed E-state index contributed by atoms with van der Waals surface area (Å²) in [6.07, 6.45) is -6.19. The first kappa shape index (κ1) is 18.0. The predicted molar refractivity (Wildman–Crippen MR) is 77.8 cm³/mol. The molecule has 1 N–H and O–H groups in total.